The van der Waals surface area contributed by atoms with Crippen LogP contribution in [0.15, 0.2) is 11.1 Å². The SMILES string of the molecule is CC.CC(C)=C(C)C(=O)NCCN.CCCC. The lowest BCUT2D eigenvalue weighted by Gasteiger charge is -2.04. The van der Waals surface area contributed by atoms with E-state index in [2.05, 4.69) is 19.2 Å². The van der Waals surface area contributed by atoms with Gasteiger partial charge in [0.1, 0.15) is 0 Å². The smallest absolute Gasteiger partial charge is 0.246 e. The van der Waals surface area contributed by atoms with Gasteiger partial charge in [-0.2, -0.15) is 0 Å². The van der Waals surface area contributed by atoms with Crippen molar-refractivity contribution in [3.8, 4) is 0 Å². The highest BCUT2D eigenvalue weighted by atomic mass is 16.1. The Hall–Kier alpha value is -0.830. The van der Waals surface area contributed by atoms with Crippen LogP contribution in [0, 0.1) is 0 Å². The minimum atomic E-state index is -0.0181. The number of nitrogens with one attached hydrogen (secondary N) is 1. The van der Waals surface area contributed by atoms with Crippen LogP contribution in [0.5, 0.6) is 0 Å². The predicted octanol–water partition coefficient (Wildman–Crippen LogP) is 3.25. The summed E-state index contributed by atoms with van der Waals surface area (Å²) < 4.78 is 0. The molecule has 0 aliphatic carbocycles. The summed E-state index contributed by atoms with van der Waals surface area (Å²) in [6, 6.07) is 0. The van der Waals surface area contributed by atoms with Gasteiger partial charge in [-0.15, -0.1) is 0 Å². The zero-order valence-electron chi connectivity index (χ0n) is 12.8. The molecule has 0 aromatic rings. The molecule has 0 aliphatic rings. The van der Waals surface area contributed by atoms with E-state index in [1.807, 2.05) is 27.7 Å². The van der Waals surface area contributed by atoms with Gasteiger partial charge in [0.2, 0.25) is 5.91 Å². The Morgan fingerprint density at radius 2 is 1.47 bits per heavy atom. The quantitative estimate of drug-likeness (QED) is 0.746. The lowest BCUT2D eigenvalue weighted by atomic mass is 10.2. The second-order valence-electron chi connectivity index (χ2n) is 3.67. The molecule has 0 fully saturated rings. The first-order valence-electron chi connectivity index (χ1n) is 6.63. The normalized spacial score (nSPS) is 8.00. The van der Waals surface area contributed by atoms with Crippen molar-refractivity contribution in [1.82, 2.24) is 5.32 Å². The van der Waals surface area contributed by atoms with E-state index in [0.717, 1.165) is 11.1 Å². The van der Waals surface area contributed by atoms with Gasteiger partial charge in [0.05, 0.1) is 0 Å². The minimum absolute atomic E-state index is 0.0181. The Balaban J connectivity index is -0.000000275. The molecule has 104 valence electrons. The van der Waals surface area contributed by atoms with E-state index in [4.69, 9.17) is 5.73 Å². The third-order valence-electron chi connectivity index (χ3n) is 2.02. The number of allylic oxidation sites excluding steroid dienone is 1. The van der Waals surface area contributed by atoms with Crippen molar-refractivity contribution in [1.29, 1.82) is 0 Å². The van der Waals surface area contributed by atoms with E-state index in [0.29, 0.717) is 13.1 Å². The average Bonchev–Trinajstić information content (AvgIpc) is 2.37. The molecular weight excluding hydrogens is 212 g/mol. The van der Waals surface area contributed by atoms with Gasteiger partial charge in [0.15, 0.2) is 0 Å². The molecule has 0 heterocycles. The van der Waals surface area contributed by atoms with Gasteiger partial charge in [-0.25, -0.2) is 0 Å². The Morgan fingerprint density at radius 1 is 1.06 bits per heavy atom. The monoisotopic (exact) mass is 244 g/mol. The highest BCUT2D eigenvalue weighted by molar-refractivity contribution is 5.93. The van der Waals surface area contributed by atoms with Crippen molar-refractivity contribution in [2.45, 2.75) is 61.3 Å². The lowest BCUT2D eigenvalue weighted by Crippen LogP contribution is -2.29. The maximum atomic E-state index is 11.1. The van der Waals surface area contributed by atoms with Crippen LogP contribution >= 0.6 is 0 Å². The molecule has 0 rings (SSSR count). The van der Waals surface area contributed by atoms with Gasteiger partial charge in [0, 0.05) is 18.7 Å². The topological polar surface area (TPSA) is 55.1 Å². The second kappa shape index (κ2) is 17.6. The Labute approximate surface area is 108 Å². The molecule has 0 aliphatic heterocycles. The van der Waals surface area contributed by atoms with Gasteiger partial charge in [-0.05, 0) is 20.8 Å². The summed E-state index contributed by atoms with van der Waals surface area (Å²) in [6.45, 7) is 15.0. The Bertz CT molecular complexity index is 192. The van der Waals surface area contributed by atoms with Crippen molar-refractivity contribution in [3.63, 3.8) is 0 Å². The third kappa shape index (κ3) is 17.8. The van der Waals surface area contributed by atoms with Gasteiger partial charge in [-0.3, -0.25) is 4.79 Å². The molecule has 0 unspecified atom stereocenters. The largest absolute Gasteiger partial charge is 0.351 e. The first kappa shape index (κ1) is 21.5. The summed E-state index contributed by atoms with van der Waals surface area (Å²) >= 11 is 0. The van der Waals surface area contributed by atoms with Crippen LogP contribution in [0.25, 0.3) is 0 Å². The molecule has 0 atom stereocenters. The number of carbonyl (C=O) groups excluding carboxylic acids is 1. The molecular formula is C14H32N2O. The van der Waals surface area contributed by atoms with E-state index in [1.54, 1.807) is 6.92 Å². The Kier molecular flexibility index (Phi) is 22.2. The molecule has 1 amide bonds. The first-order chi connectivity index (χ1) is 8.01. The van der Waals surface area contributed by atoms with Crippen molar-refractivity contribution in [2.24, 2.45) is 5.73 Å². The highest BCUT2D eigenvalue weighted by Gasteiger charge is 2.02. The van der Waals surface area contributed by atoms with Crippen molar-refractivity contribution >= 4 is 5.91 Å². The summed E-state index contributed by atoms with van der Waals surface area (Å²) in [5.41, 5.74) is 7.04. The van der Waals surface area contributed by atoms with Crippen molar-refractivity contribution in [2.75, 3.05) is 13.1 Å². The summed E-state index contributed by atoms with van der Waals surface area (Å²) in [5.74, 6) is -0.0181. The van der Waals surface area contributed by atoms with Crippen LogP contribution < -0.4 is 11.1 Å². The molecule has 3 heteroatoms. The van der Waals surface area contributed by atoms with Crippen LogP contribution in [-0.4, -0.2) is 19.0 Å². The highest BCUT2D eigenvalue weighted by Crippen LogP contribution is 2.00. The lowest BCUT2D eigenvalue weighted by molar-refractivity contribution is -0.117. The van der Waals surface area contributed by atoms with Crippen LogP contribution in [0.2, 0.25) is 0 Å². The fourth-order valence-corrected chi connectivity index (χ4v) is 0.545. The van der Waals surface area contributed by atoms with Gasteiger partial charge in [0.25, 0.3) is 0 Å². The number of amides is 1. The van der Waals surface area contributed by atoms with E-state index < -0.39 is 0 Å². The predicted molar refractivity (Wildman–Crippen MR) is 78.0 cm³/mol. The number of nitrogens with two attached hydrogens (primary N) is 1. The molecule has 0 aromatic carbocycles. The van der Waals surface area contributed by atoms with Crippen LogP contribution in [0.4, 0.5) is 0 Å². The molecule has 0 saturated heterocycles. The number of hydrogen-bond acceptors (Lipinski definition) is 2. The molecule has 0 saturated carbocycles. The summed E-state index contributed by atoms with van der Waals surface area (Å²) in [6.07, 6.45) is 2.64. The Morgan fingerprint density at radius 3 is 1.71 bits per heavy atom. The summed E-state index contributed by atoms with van der Waals surface area (Å²) in [7, 11) is 0. The van der Waals surface area contributed by atoms with E-state index in [1.165, 1.54) is 12.8 Å². The first-order valence-corrected chi connectivity index (χ1v) is 6.63. The van der Waals surface area contributed by atoms with Crippen molar-refractivity contribution < 1.29 is 4.79 Å². The molecule has 3 N–H and O–H groups in total. The number of rotatable bonds is 4. The van der Waals surface area contributed by atoms with E-state index >= 15 is 0 Å². The molecule has 0 radical (unpaired) electrons. The summed E-state index contributed by atoms with van der Waals surface area (Å²) in [5, 5.41) is 2.69. The fourth-order valence-electron chi connectivity index (χ4n) is 0.545. The van der Waals surface area contributed by atoms with E-state index in [-0.39, 0.29) is 5.91 Å². The van der Waals surface area contributed by atoms with E-state index in [9.17, 15) is 4.79 Å². The number of carbonyl (C=O) groups is 1. The average molecular weight is 244 g/mol. The second-order valence-corrected chi connectivity index (χ2v) is 3.67. The molecule has 17 heavy (non-hydrogen) atoms. The van der Waals surface area contributed by atoms with Crippen LogP contribution in [-0.2, 0) is 4.79 Å². The van der Waals surface area contributed by atoms with Crippen molar-refractivity contribution in [3.05, 3.63) is 11.1 Å². The third-order valence-corrected chi connectivity index (χ3v) is 2.02. The zero-order valence-corrected chi connectivity index (χ0v) is 12.8. The fraction of sp³-hybridized carbons (Fsp3) is 0.786. The minimum Gasteiger partial charge on any atom is -0.351 e. The maximum Gasteiger partial charge on any atom is 0.246 e. The molecule has 0 spiro atoms. The number of unbranched alkanes of at least 4 members (excludes halogenated alkanes) is 1. The van der Waals surface area contributed by atoms with Gasteiger partial charge >= 0.3 is 0 Å². The standard InChI is InChI=1S/C8H16N2O.C4H10.C2H6/c1-6(2)7(3)8(11)10-5-4-9;1-3-4-2;1-2/h4-5,9H2,1-3H3,(H,10,11);3-4H2,1-2H3;1-2H3. The van der Waals surface area contributed by atoms with Gasteiger partial charge < -0.3 is 11.1 Å². The number of hydrogen-bond donors (Lipinski definition) is 2. The molecule has 3 nitrogen and oxygen atoms in total. The zero-order chi connectivity index (χ0) is 14.3. The van der Waals surface area contributed by atoms with Gasteiger partial charge in [-0.1, -0.05) is 46.1 Å². The maximum absolute atomic E-state index is 11.1. The summed E-state index contributed by atoms with van der Waals surface area (Å²) in [4.78, 5) is 11.1. The molecule has 0 aromatic heterocycles. The van der Waals surface area contributed by atoms with Crippen LogP contribution in [0.1, 0.15) is 61.3 Å². The molecule has 0 bridgehead atoms. The van der Waals surface area contributed by atoms with Crippen LogP contribution in [0.3, 0.4) is 0 Å².